The van der Waals surface area contributed by atoms with Gasteiger partial charge in [-0.15, -0.1) is 24.0 Å². The molecular formula is C22H18F3NS2. The summed E-state index contributed by atoms with van der Waals surface area (Å²) in [4.78, 5) is 7.41. The van der Waals surface area contributed by atoms with E-state index in [0.717, 1.165) is 49.3 Å². The molecule has 0 fully saturated rings. The van der Waals surface area contributed by atoms with Gasteiger partial charge in [-0.2, -0.15) is 13.2 Å². The van der Waals surface area contributed by atoms with Crippen LogP contribution in [-0.4, -0.2) is 5.71 Å². The van der Waals surface area contributed by atoms with E-state index in [1.807, 2.05) is 56.3 Å². The summed E-state index contributed by atoms with van der Waals surface area (Å²) in [5.41, 5.74) is 2.71. The van der Waals surface area contributed by atoms with Gasteiger partial charge in [0.2, 0.25) is 0 Å². The van der Waals surface area contributed by atoms with Crippen molar-refractivity contribution in [2.45, 2.75) is 20.0 Å². The Hall–Kier alpha value is -2.31. The molecule has 1 aromatic heterocycles. The van der Waals surface area contributed by atoms with Gasteiger partial charge in [0.1, 0.15) is 0 Å². The van der Waals surface area contributed by atoms with Crippen LogP contribution in [0.25, 0.3) is 16.1 Å². The highest BCUT2D eigenvalue weighted by Crippen LogP contribution is 2.34. The first-order chi connectivity index (χ1) is 13.3. The van der Waals surface area contributed by atoms with Gasteiger partial charge >= 0.3 is 6.18 Å². The molecule has 144 valence electrons. The zero-order valence-corrected chi connectivity index (χ0v) is 17.0. The van der Waals surface area contributed by atoms with Crippen molar-refractivity contribution in [1.29, 1.82) is 0 Å². The molecule has 0 atom stereocenters. The zero-order chi connectivity index (χ0) is 20.3. The highest BCUT2D eigenvalue weighted by molar-refractivity contribution is 7.84. The largest absolute Gasteiger partial charge is 0.416 e. The van der Waals surface area contributed by atoms with Crippen LogP contribution in [0.4, 0.5) is 13.2 Å². The van der Waals surface area contributed by atoms with Crippen LogP contribution in [0.1, 0.15) is 29.9 Å². The third-order valence-corrected chi connectivity index (χ3v) is 5.58. The fraction of sp³-hybridized carbons (Fsp3) is 0.136. The lowest BCUT2D eigenvalue weighted by atomic mass is 10.1. The number of nitrogens with zero attached hydrogens (tertiary/aromatic N) is 1. The molecule has 3 aromatic rings. The Morgan fingerprint density at radius 3 is 2.11 bits per heavy atom. The van der Waals surface area contributed by atoms with E-state index in [4.69, 9.17) is 4.99 Å². The Morgan fingerprint density at radius 2 is 1.54 bits per heavy atom. The van der Waals surface area contributed by atoms with Crippen molar-refractivity contribution in [3.63, 3.8) is 0 Å². The molecule has 0 bridgehead atoms. The quantitative estimate of drug-likeness (QED) is 0.332. The van der Waals surface area contributed by atoms with Gasteiger partial charge in [0.15, 0.2) is 0 Å². The van der Waals surface area contributed by atoms with E-state index in [0.29, 0.717) is 0 Å². The fourth-order valence-electron chi connectivity index (χ4n) is 2.68. The Bertz CT molecular complexity index is 1010. The number of benzene rings is 2. The fourth-order valence-corrected chi connectivity index (χ4v) is 3.82. The molecule has 0 saturated heterocycles. The van der Waals surface area contributed by atoms with E-state index in [1.54, 1.807) is 0 Å². The normalized spacial score (nSPS) is 13.4. The molecule has 1 nitrogen and oxygen atoms in total. The summed E-state index contributed by atoms with van der Waals surface area (Å²) < 4.78 is 38.2. The molecule has 0 aliphatic rings. The number of halogens is 3. The van der Waals surface area contributed by atoms with Crippen molar-refractivity contribution in [2.75, 3.05) is 0 Å². The van der Waals surface area contributed by atoms with Gasteiger partial charge in [-0.1, -0.05) is 42.5 Å². The molecule has 28 heavy (non-hydrogen) atoms. The summed E-state index contributed by atoms with van der Waals surface area (Å²) in [6.45, 7) is 3.81. The van der Waals surface area contributed by atoms with Crippen LogP contribution in [0.5, 0.6) is 0 Å². The van der Waals surface area contributed by atoms with Gasteiger partial charge in [-0.3, -0.25) is 4.99 Å². The van der Waals surface area contributed by atoms with E-state index >= 15 is 0 Å². The second-order valence-electron chi connectivity index (χ2n) is 6.24. The average Bonchev–Trinajstić information content (AvgIpc) is 3.16. The molecule has 1 heterocycles. The maximum absolute atomic E-state index is 12.7. The molecule has 0 radical (unpaired) electrons. The van der Waals surface area contributed by atoms with Crippen molar-refractivity contribution in [3.05, 3.63) is 87.6 Å². The van der Waals surface area contributed by atoms with Gasteiger partial charge in [0, 0.05) is 20.2 Å². The van der Waals surface area contributed by atoms with Crippen LogP contribution in [0, 0.1) is 0 Å². The van der Waals surface area contributed by atoms with Crippen molar-refractivity contribution in [2.24, 2.45) is 4.99 Å². The Kier molecular flexibility index (Phi) is 6.10. The maximum Gasteiger partial charge on any atom is 0.416 e. The summed E-state index contributed by atoms with van der Waals surface area (Å²) in [5, 5.41) is 0. The summed E-state index contributed by atoms with van der Waals surface area (Å²) >= 11 is 5.97. The first-order valence-corrected chi connectivity index (χ1v) is 9.80. The standard InChI is InChI=1S/C22H18F3NS2/c1-14(26-21(15(2)27)17-6-4-3-5-7-17)19-12-13-20(28-19)16-8-10-18(11-9-16)22(23,24)25/h3-13,27H,1-2H3/b21-15-,26-14+. The van der Waals surface area contributed by atoms with E-state index in [2.05, 4.69) is 12.6 Å². The number of allylic oxidation sites excluding steroid dienone is 1. The minimum absolute atomic E-state index is 0.646. The van der Waals surface area contributed by atoms with Gasteiger partial charge in [-0.05, 0) is 43.7 Å². The number of thiol groups is 1. The minimum atomic E-state index is -4.33. The summed E-state index contributed by atoms with van der Waals surface area (Å²) in [6, 6.07) is 18.9. The van der Waals surface area contributed by atoms with Crippen LogP contribution >= 0.6 is 24.0 Å². The molecule has 0 spiro atoms. The Balaban J connectivity index is 1.89. The lowest BCUT2D eigenvalue weighted by Gasteiger charge is -2.07. The number of thiophene rings is 1. The lowest BCUT2D eigenvalue weighted by Crippen LogP contribution is -2.03. The van der Waals surface area contributed by atoms with Gasteiger partial charge < -0.3 is 0 Å². The number of hydrogen-bond donors (Lipinski definition) is 1. The monoisotopic (exact) mass is 417 g/mol. The Morgan fingerprint density at radius 1 is 0.893 bits per heavy atom. The van der Waals surface area contributed by atoms with Gasteiger partial charge in [0.05, 0.1) is 17.0 Å². The third-order valence-electron chi connectivity index (χ3n) is 4.13. The van der Waals surface area contributed by atoms with E-state index < -0.39 is 11.7 Å². The molecule has 0 amide bonds. The predicted molar refractivity (Wildman–Crippen MR) is 115 cm³/mol. The first-order valence-electron chi connectivity index (χ1n) is 8.54. The van der Waals surface area contributed by atoms with Crippen LogP contribution in [0.3, 0.4) is 0 Å². The van der Waals surface area contributed by atoms with Gasteiger partial charge in [0.25, 0.3) is 0 Å². The highest BCUT2D eigenvalue weighted by Gasteiger charge is 2.30. The lowest BCUT2D eigenvalue weighted by molar-refractivity contribution is -0.137. The number of hydrogen-bond acceptors (Lipinski definition) is 3. The predicted octanol–water partition coefficient (Wildman–Crippen LogP) is 7.56. The second kappa shape index (κ2) is 8.37. The molecule has 0 aliphatic heterocycles. The summed E-state index contributed by atoms with van der Waals surface area (Å²) in [7, 11) is 0. The molecule has 3 rings (SSSR count). The van der Waals surface area contributed by atoms with E-state index in [9.17, 15) is 13.2 Å². The van der Waals surface area contributed by atoms with Crippen LogP contribution in [-0.2, 0) is 6.18 Å². The van der Waals surface area contributed by atoms with Gasteiger partial charge in [-0.25, -0.2) is 0 Å². The zero-order valence-electron chi connectivity index (χ0n) is 15.3. The smallest absolute Gasteiger partial charge is 0.251 e. The first kappa shape index (κ1) is 20.4. The molecule has 0 unspecified atom stereocenters. The molecule has 0 saturated carbocycles. The van der Waals surface area contributed by atoms with Crippen LogP contribution in [0.15, 0.2) is 76.6 Å². The number of rotatable bonds is 4. The number of aliphatic imine (C=N–C) groups is 1. The highest BCUT2D eigenvalue weighted by atomic mass is 32.1. The van der Waals surface area contributed by atoms with E-state index in [1.165, 1.54) is 23.5 Å². The minimum Gasteiger partial charge on any atom is -0.251 e. The van der Waals surface area contributed by atoms with Crippen molar-refractivity contribution >= 4 is 35.4 Å². The molecule has 6 heteroatoms. The van der Waals surface area contributed by atoms with Crippen LogP contribution in [0.2, 0.25) is 0 Å². The van der Waals surface area contributed by atoms with Crippen molar-refractivity contribution in [1.82, 2.24) is 0 Å². The molecular weight excluding hydrogens is 399 g/mol. The summed E-state index contributed by atoms with van der Waals surface area (Å²) in [5.74, 6) is 0. The molecule has 0 aliphatic carbocycles. The topological polar surface area (TPSA) is 12.4 Å². The average molecular weight is 418 g/mol. The molecule has 0 N–H and O–H groups in total. The van der Waals surface area contributed by atoms with E-state index in [-0.39, 0.29) is 0 Å². The van der Waals surface area contributed by atoms with Crippen LogP contribution < -0.4 is 0 Å². The molecule has 2 aromatic carbocycles. The Labute approximate surface area is 171 Å². The number of alkyl halides is 3. The SMILES string of the molecule is C/C(S)=C(/N=C(\C)c1ccc(-c2ccc(C(F)(F)F)cc2)s1)c1ccccc1. The third kappa shape index (κ3) is 4.75. The second-order valence-corrected chi connectivity index (χ2v) is 7.99. The summed E-state index contributed by atoms with van der Waals surface area (Å²) in [6.07, 6.45) is -4.33. The maximum atomic E-state index is 12.7. The van der Waals surface area contributed by atoms with Crippen molar-refractivity contribution < 1.29 is 13.2 Å². The van der Waals surface area contributed by atoms with Crippen molar-refractivity contribution in [3.8, 4) is 10.4 Å².